The molecule has 0 atom stereocenters. The zero-order chi connectivity index (χ0) is 16.1. The van der Waals surface area contributed by atoms with Crippen LogP contribution in [0.4, 0.5) is 11.4 Å². The monoisotopic (exact) mass is 312 g/mol. The molecule has 2 aromatic carbocycles. The van der Waals surface area contributed by atoms with E-state index in [2.05, 4.69) is 54.2 Å². The molecule has 0 aromatic heterocycles. The van der Waals surface area contributed by atoms with Gasteiger partial charge in [-0.15, -0.1) is 0 Å². The Balaban J connectivity index is 0.000000136. The van der Waals surface area contributed by atoms with E-state index in [4.69, 9.17) is 9.47 Å². The van der Waals surface area contributed by atoms with Crippen molar-refractivity contribution in [1.29, 1.82) is 0 Å². The quantitative estimate of drug-likeness (QED) is 0.746. The summed E-state index contributed by atoms with van der Waals surface area (Å²) in [5, 5.41) is 0. The fraction of sp³-hybridized carbons (Fsp3) is 0.368. The molecule has 2 aliphatic heterocycles. The van der Waals surface area contributed by atoms with Gasteiger partial charge in [-0.2, -0.15) is 0 Å². The van der Waals surface area contributed by atoms with Gasteiger partial charge in [0.1, 0.15) is 12.4 Å². The molecule has 0 spiro atoms. The van der Waals surface area contributed by atoms with Gasteiger partial charge >= 0.3 is 0 Å². The predicted molar refractivity (Wildman–Crippen MR) is 94.6 cm³/mol. The van der Waals surface area contributed by atoms with Crippen LogP contribution in [0.25, 0.3) is 0 Å². The minimum Gasteiger partial charge on any atom is -0.490 e. The van der Waals surface area contributed by atoms with Gasteiger partial charge in [-0.1, -0.05) is 30.3 Å². The van der Waals surface area contributed by atoms with Crippen LogP contribution in [0, 0.1) is 0 Å². The summed E-state index contributed by atoms with van der Waals surface area (Å²) in [5.41, 5.74) is 3.78. The molecule has 0 aliphatic carbocycles. The molecular formula is C19H24N2O2. The number of anilines is 2. The van der Waals surface area contributed by atoms with Crippen molar-refractivity contribution >= 4 is 11.4 Å². The zero-order valence-electron chi connectivity index (χ0n) is 13.9. The van der Waals surface area contributed by atoms with E-state index in [1.807, 2.05) is 18.2 Å². The lowest BCUT2D eigenvalue weighted by molar-refractivity contribution is 0.133. The lowest BCUT2D eigenvalue weighted by atomic mass is 10.2. The average molecular weight is 312 g/mol. The second-order valence-corrected chi connectivity index (χ2v) is 5.84. The van der Waals surface area contributed by atoms with Crippen LogP contribution in [-0.2, 0) is 11.3 Å². The number of benzene rings is 2. The number of likely N-dealkylation sites (N-methyl/N-ethyl adjacent to an activating group) is 2. The van der Waals surface area contributed by atoms with Crippen LogP contribution in [0.5, 0.6) is 5.75 Å². The van der Waals surface area contributed by atoms with Crippen LogP contribution in [0.15, 0.2) is 48.5 Å². The first-order valence-electron chi connectivity index (χ1n) is 8.05. The maximum absolute atomic E-state index is 5.45. The summed E-state index contributed by atoms with van der Waals surface area (Å²) in [4.78, 5) is 4.45. The zero-order valence-corrected chi connectivity index (χ0v) is 13.9. The van der Waals surface area contributed by atoms with E-state index in [1.165, 1.54) is 16.9 Å². The van der Waals surface area contributed by atoms with E-state index in [-0.39, 0.29) is 0 Å². The Bertz CT molecular complexity index is 645. The molecule has 4 nitrogen and oxygen atoms in total. The lowest BCUT2D eigenvalue weighted by Gasteiger charge is -2.27. The van der Waals surface area contributed by atoms with Crippen molar-refractivity contribution in [1.82, 2.24) is 0 Å². The SMILES string of the molecule is CN1CCOCc2ccccc21.CN1CCOc2ccccc21. The third-order valence-electron chi connectivity index (χ3n) is 4.19. The first-order valence-corrected chi connectivity index (χ1v) is 8.05. The largest absolute Gasteiger partial charge is 0.490 e. The van der Waals surface area contributed by atoms with Gasteiger partial charge in [-0.3, -0.25) is 0 Å². The summed E-state index contributed by atoms with van der Waals surface area (Å²) < 4.78 is 10.9. The van der Waals surface area contributed by atoms with E-state index in [0.29, 0.717) is 0 Å². The Morgan fingerprint density at radius 3 is 2.26 bits per heavy atom. The summed E-state index contributed by atoms with van der Waals surface area (Å²) in [6, 6.07) is 16.5. The van der Waals surface area contributed by atoms with Gasteiger partial charge < -0.3 is 19.3 Å². The molecule has 4 heteroatoms. The molecular weight excluding hydrogens is 288 g/mol. The summed E-state index contributed by atoms with van der Waals surface area (Å²) in [6.07, 6.45) is 0. The number of rotatable bonds is 0. The van der Waals surface area contributed by atoms with Crippen molar-refractivity contribution in [2.24, 2.45) is 0 Å². The standard InChI is InChI=1S/C10H13NO.C9H11NO/c1-11-6-7-12-8-9-4-2-3-5-10(9)11;1-10-6-7-11-9-5-3-2-4-8(9)10/h2-5H,6-8H2,1H3;2-5H,6-7H2,1H3. The highest BCUT2D eigenvalue weighted by molar-refractivity contribution is 5.59. The Morgan fingerprint density at radius 2 is 1.43 bits per heavy atom. The average Bonchev–Trinajstić information content (AvgIpc) is 2.78. The fourth-order valence-electron chi connectivity index (χ4n) is 2.82. The van der Waals surface area contributed by atoms with Gasteiger partial charge in [0.05, 0.1) is 25.4 Å². The second-order valence-electron chi connectivity index (χ2n) is 5.84. The van der Waals surface area contributed by atoms with E-state index in [1.54, 1.807) is 0 Å². The molecule has 4 rings (SSSR count). The van der Waals surface area contributed by atoms with Gasteiger partial charge in [0.15, 0.2) is 0 Å². The normalized spacial score (nSPS) is 16.3. The van der Waals surface area contributed by atoms with Crippen LogP contribution in [0.3, 0.4) is 0 Å². The van der Waals surface area contributed by atoms with Crippen molar-refractivity contribution in [3.63, 3.8) is 0 Å². The van der Waals surface area contributed by atoms with E-state index >= 15 is 0 Å². The molecule has 122 valence electrons. The predicted octanol–water partition coefficient (Wildman–Crippen LogP) is 3.17. The Kier molecular flexibility index (Phi) is 5.03. The summed E-state index contributed by atoms with van der Waals surface area (Å²) >= 11 is 0. The molecule has 2 aromatic rings. The van der Waals surface area contributed by atoms with Crippen molar-refractivity contribution in [2.75, 3.05) is 50.2 Å². The topological polar surface area (TPSA) is 24.9 Å². The van der Waals surface area contributed by atoms with Crippen LogP contribution < -0.4 is 14.5 Å². The first-order chi connectivity index (χ1) is 11.3. The third-order valence-corrected chi connectivity index (χ3v) is 4.19. The number of nitrogens with zero attached hydrogens (tertiary/aromatic N) is 2. The Morgan fingerprint density at radius 1 is 0.783 bits per heavy atom. The van der Waals surface area contributed by atoms with Crippen molar-refractivity contribution < 1.29 is 9.47 Å². The molecule has 23 heavy (non-hydrogen) atoms. The Labute approximate surface area is 138 Å². The first kappa shape index (κ1) is 15.7. The van der Waals surface area contributed by atoms with Crippen LogP contribution >= 0.6 is 0 Å². The molecule has 0 bridgehead atoms. The molecule has 0 N–H and O–H groups in total. The highest BCUT2D eigenvalue weighted by atomic mass is 16.5. The van der Waals surface area contributed by atoms with Crippen LogP contribution in [0.2, 0.25) is 0 Å². The van der Waals surface area contributed by atoms with Crippen molar-refractivity contribution in [2.45, 2.75) is 6.61 Å². The number of ether oxygens (including phenoxy) is 2. The summed E-state index contributed by atoms with van der Waals surface area (Å²) in [5.74, 6) is 1.00. The minimum atomic E-state index is 0.751. The highest BCUT2D eigenvalue weighted by Crippen LogP contribution is 2.29. The highest BCUT2D eigenvalue weighted by Gasteiger charge is 2.12. The van der Waals surface area contributed by atoms with Gasteiger partial charge in [-0.25, -0.2) is 0 Å². The van der Waals surface area contributed by atoms with Gasteiger partial charge in [0.25, 0.3) is 0 Å². The van der Waals surface area contributed by atoms with Crippen LogP contribution in [-0.4, -0.2) is 40.4 Å². The van der Waals surface area contributed by atoms with Crippen molar-refractivity contribution in [3.8, 4) is 5.75 Å². The molecule has 0 radical (unpaired) electrons. The molecule has 2 heterocycles. The number of hydrogen-bond donors (Lipinski definition) is 0. The van der Waals surface area contributed by atoms with Crippen LogP contribution in [0.1, 0.15) is 5.56 Å². The lowest BCUT2D eigenvalue weighted by Crippen LogP contribution is -2.28. The Hall–Kier alpha value is -2.20. The number of fused-ring (bicyclic) bond motifs is 2. The number of hydrogen-bond acceptors (Lipinski definition) is 4. The second kappa shape index (κ2) is 7.38. The third kappa shape index (κ3) is 3.77. The van der Waals surface area contributed by atoms with Gasteiger partial charge in [0.2, 0.25) is 0 Å². The minimum absolute atomic E-state index is 0.751. The van der Waals surface area contributed by atoms with Gasteiger partial charge in [0, 0.05) is 31.9 Å². The molecule has 0 unspecified atom stereocenters. The molecule has 0 amide bonds. The molecule has 0 fully saturated rings. The maximum Gasteiger partial charge on any atom is 0.142 e. The summed E-state index contributed by atoms with van der Waals surface area (Å²) in [7, 11) is 4.19. The fourth-order valence-corrected chi connectivity index (χ4v) is 2.82. The summed E-state index contributed by atoms with van der Waals surface area (Å²) in [6.45, 7) is 4.34. The molecule has 0 saturated heterocycles. The van der Waals surface area contributed by atoms with Gasteiger partial charge in [-0.05, 0) is 18.2 Å². The number of para-hydroxylation sites is 3. The smallest absolute Gasteiger partial charge is 0.142 e. The van der Waals surface area contributed by atoms with E-state index < -0.39 is 0 Å². The van der Waals surface area contributed by atoms with Crippen molar-refractivity contribution in [3.05, 3.63) is 54.1 Å². The molecule has 0 saturated carbocycles. The molecule has 2 aliphatic rings. The van der Waals surface area contributed by atoms with E-state index in [0.717, 1.165) is 38.7 Å². The maximum atomic E-state index is 5.45. The van der Waals surface area contributed by atoms with E-state index in [9.17, 15) is 0 Å².